The van der Waals surface area contributed by atoms with Crippen LogP contribution in [-0.4, -0.2) is 41.0 Å². The Hall–Kier alpha value is -3.93. The van der Waals surface area contributed by atoms with E-state index in [1.807, 2.05) is 13.8 Å². The number of Topliss-reactive ketones (excluding diaryl/α,β-unsaturated/α-hetero) is 1. The van der Waals surface area contributed by atoms with Gasteiger partial charge in [0.05, 0.1) is 12.5 Å². The first kappa shape index (κ1) is 32.3. The Balaban J connectivity index is 0.00000274. The quantitative estimate of drug-likeness (QED) is 0.210. The third kappa shape index (κ3) is 8.28. The number of fused-ring (bicyclic) bond motifs is 1. The first-order valence-corrected chi connectivity index (χ1v) is 12.5. The van der Waals surface area contributed by atoms with Crippen molar-refractivity contribution in [3.8, 4) is 5.75 Å². The summed E-state index contributed by atoms with van der Waals surface area (Å²) in [7, 11) is 0. The maximum absolute atomic E-state index is 13.9. The second-order valence-corrected chi connectivity index (χ2v) is 8.83. The Morgan fingerprint density at radius 1 is 1.00 bits per heavy atom. The summed E-state index contributed by atoms with van der Waals surface area (Å²) in [6, 6.07) is 4.54. The normalized spacial score (nSPS) is 11.4. The lowest BCUT2D eigenvalue weighted by Crippen LogP contribution is -2.46. The number of benzene rings is 2. The minimum absolute atomic E-state index is 0.0347. The zero-order valence-electron chi connectivity index (χ0n) is 22.0. The first-order chi connectivity index (χ1) is 18.9. The van der Waals surface area contributed by atoms with Crippen LogP contribution < -0.4 is 15.6 Å². The number of nitrogens with zero attached hydrogens (tertiary/aromatic N) is 1. The maximum atomic E-state index is 13.9. The Kier molecular flexibility index (Phi) is 11.7. The first-order valence-electron chi connectivity index (χ1n) is 12.1. The topological polar surface area (TPSA) is 104 Å². The molecule has 1 unspecified atom stereocenters. The molecule has 0 aliphatic heterocycles. The minimum atomic E-state index is -1.87. The molecule has 1 heterocycles. The van der Waals surface area contributed by atoms with E-state index in [0.29, 0.717) is 10.4 Å². The highest BCUT2D eigenvalue weighted by atomic mass is 35.5. The van der Waals surface area contributed by atoms with E-state index in [9.17, 15) is 36.7 Å². The highest BCUT2D eigenvalue weighted by Gasteiger charge is 2.28. The molecule has 13 heteroatoms. The number of ether oxygens (including phenoxy) is 2. The van der Waals surface area contributed by atoms with E-state index < -0.39 is 84.0 Å². The van der Waals surface area contributed by atoms with Gasteiger partial charge >= 0.3 is 5.97 Å². The van der Waals surface area contributed by atoms with Gasteiger partial charge in [0, 0.05) is 22.7 Å². The second kappa shape index (κ2) is 14.5. The highest BCUT2D eigenvalue weighted by Crippen LogP contribution is 2.26. The summed E-state index contributed by atoms with van der Waals surface area (Å²) < 4.78 is 65.3. The summed E-state index contributed by atoms with van der Waals surface area (Å²) in [5.41, 5.74) is -0.551. The van der Waals surface area contributed by atoms with Gasteiger partial charge in [0.2, 0.25) is 17.5 Å². The number of carbonyl (C=O) groups excluding carboxylic acids is 3. The zero-order chi connectivity index (χ0) is 30.1. The predicted octanol–water partition coefficient (Wildman–Crippen LogP) is 4.71. The molecule has 0 fully saturated rings. The van der Waals surface area contributed by atoms with Crippen LogP contribution in [0, 0.1) is 23.3 Å². The molecule has 40 heavy (non-hydrogen) atoms. The molecule has 8 nitrogen and oxygen atoms in total. The predicted molar refractivity (Wildman–Crippen MR) is 139 cm³/mol. The van der Waals surface area contributed by atoms with E-state index in [0.717, 1.165) is 4.57 Å². The van der Waals surface area contributed by atoms with E-state index >= 15 is 0 Å². The number of carbonyl (C=O) groups is 3. The van der Waals surface area contributed by atoms with Crippen molar-refractivity contribution < 1.29 is 41.4 Å². The Morgan fingerprint density at radius 2 is 1.62 bits per heavy atom. The van der Waals surface area contributed by atoms with Gasteiger partial charge in [0.15, 0.2) is 23.2 Å². The van der Waals surface area contributed by atoms with Crippen molar-refractivity contribution in [2.75, 3.05) is 6.61 Å². The summed E-state index contributed by atoms with van der Waals surface area (Å²) in [5.74, 6) is -11.6. The van der Waals surface area contributed by atoms with E-state index in [1.165, 1.54) is 12.3 Å². The third-order valence-corrected chi connectivity index (χ3v) is 5.38. The van der Waals surface area contributed by atoms with Gasteiger partial charge in [-0.2, -0.15) is 8.78 Å². The van der Waals surface area contributed by atoms with Crippen molar-refractivity contribution in [2.45, 2.75) is 52.8 Å². The number of hydrogen-bond acceptors (Lipinski definition) is 6. The molecule has 3 rings (SSSR count). The van der Waals surface area contributed by atoms with Crippen LogP contribution in [0.5, 0.6) is 5.75 Å². The smallest absolute Gasteiger partial charge is 0.308 e. The molecule has 216 valence electrons. The Labute approximate surface area is 231 Å². The number of esters is 1. The van der Waals surface area contributed by atoms with Gasteiger partial charge in [-0.15, -0.1) is 0 Å². The van der Waals surface area contributed by atoms with E-state index in [1.54, 1.807) is 32.0 Å². The minimum Gasteiger partial charge on any atom is -0.479 e. The van der Waals surface area contributed by atoms with Crippen molar-refractivity contribution in [1.29, 1.82) is 0 Å². The molecular formula is C27H27ClF4N2O6. The lowest BCUT2D eigenvalue weighted by Gasteiger charge is -2.19. The molecule has 1 atom stereocenters. The van der Waals surface area contributed by atoms with Crippen LogP contribution in [0.25, 0.3) is 10.8 Å². The summed E-state index contributed by atoms with van der Waals surface area (Å²) in [4.78, 5) is 50.3. The Bertz CT molecular complexity index is 1430. The van der Waals surface area contributed by atoms with Gasteiger partial charge in [-0.25, -0.2) is 8.78 Å². The molecule has 2 aromatic carbocycles. The number of aromatic nitrogens is 1. The number of rotatable bonds is 10. The fourth-order valence-corrected chi connectivity index (χ4v) is 3.59. The summed E-state index contributed by atoms with van der Waals surface area (Å²) in [6.07, 6.45) is 0.0816. The summed E-state index contributed by atoms with van der Waals surface area (Å²) in [5, 5.41) is 3.37. The van der Waals surface area contributed by atoms with Crippen LogP contribution in [-0.2, 0) is 25.7 Å². The van der Waals surface area contributed by atoms with Crippen molar-refractivity contribution in [2.24, 2.45) is 0 Å². The average Bonchev–Trinajstić information content (AvgIpc) is 2.89. The van der Waals surface area contributed by atoms with Crippen LogP contribution >= 0.6 is 11.6 Å². The molecular weight excluding hydrogens is 560 g/mol. The highest BCUT2D eigenvalue weighted by molar-refractivity contribution is 6.31. The SMILES string of the molecule is CC.CC(C)OC(=O)CC(NC(=O)Cn1ccc2ccc(Cl)cc2c1=O)C(=O)COc1c(F)c(F)cc(F)c1F. The second-order valence-electron chi connectivity index (χ2n) is 8.40. The van der Waals surface area contributed by atoms with Gasteiger partial charge in [0.1, 0.15) is 19.2 Å². The van der Waals surface area contributed by atoms with Gasteiger partial charge in [-0.1, -0.05) is 31.5 Å². The van der Waals surface area contributed by atoms with Crippen LogP contribution in [0.15, 0.2) is 41.3 Å². The molecule has 1 aromatic heterocycles. The molecule has 0 saturated carbocycles. The summed E-state index contributed by atoms with van der Waals surface area (Å²) >= 11 is 5.94. The number of ketones is 1. The fraction of sp³-hybridized carbons (Fsp3) is 0.333. The number of amides is 1. The molecule has 0 aliphatic carbocycles. The van der Waals surface area contributed by atoms with Crippen LogP contribution in [0.4, 0.5) is 17.6 Å². The van der Waals surface area contributed by atoms with E-state index in [4.69, 9.17) is 16.3 Å². The van der Waals surface area contributed by atoms with Gasteiger partial charge in [-0.3, -0.25) is 19.2 Å². The lowest BCUT2D eigenvalue weighted by atomic mass is 10.1. The number of halogens is 5. The standard InChI is InChI=1S/C25H21ClF4N2O6.C2H6/c1-12(2)38-21(35)9-18(19(33)11-37-24-22(29)16(27)8-17(28)23(24)30)31-20(34)10-32-6-5-13-3-4-14(26)7-15(13)25(32)36;1-2/h3-8,12,18H,9-11H2,1-2H3,(H,31,34);1-2H3. The van der Waals surface area contributed by atoms with Gasteiger partial charge in [0.25, 0.3) is 5.56 Å². The van der Waals surface area contributed by atoms with Gasteiger partial charge < -0.3 is 19.4 Å². The number of hydrogen-bond donors (Lipinski definition) is 1. The molecule has 0 radical (unpaired) electrons. The van der Waals surface area contributed by atoms with Crippen LogP contribution in [0.3, 0.4) is 0 Å². The molecule has 1 N–H and O–H groups in total. The molecule has 1 amide bonds. The fourth-order valence-electron chi connectivity index (χ4n) is 3.42. The van der Waals surface area contributed by atoms with Crippen molar-refractivity contribution in [3.05, 3.63) is 75.2 Å². The lowest BCUT2D eigenvalue weighted by molar-refractivity contribution is -0.149. The Morgan fingerprint density at radius 3 is 2.23 bits per heavy atom. The maximum Gasteiger partial charge on any atom is 0.308 e. The largest absolute Gasteiger partial charge is 0.479 e. The molecule has 0 spiro atoms. The molecule has 0 aliphatic rings. The van der Waals surface area contributed by atoms with Crippen molar-refractivity contribution in [1.82, 2.24) is 9.88 Å². The zero-order valence-corrected chi connectivity index (χ0v) is 22.8. The average molecular weight is 587 g/mol. The number of nitrogens with one attached hydrogen (secondary N) is 1. The summed E-state index contributed by atoms with van der Waals surface area (Å²) in [6.45, 7) is 5.35. The third-order valence-electron chi connectivity index (χ3n) is 5.15. The van der Waals surface area contributed by atoms with Crippen LogP contribution in [0.2, 0.25) is 5.02 Å². The van der Waals surface area contributed by atoms with Crippen molar-refractivity contribution >= 4 is 40.0 Å². The van der Waals surface area contributed by atoms with Crippen LogP contribution in [0.1, 0.15) is 34.1 Å². The molecule has 0 bridgehead atoms. The van der Waals surface area contributed by atoms with Crippen molar-refractivity contribution in [3.63, 3.8) is 0 Å². The van der Waals surface area contributed by atoms with E-state index in [-0.39, 0.29) is 11.5 Å². The molecule has 3 aromatic rings. The molecule has 0 saturated heterocycles. The number of pyridine rings is 1. The van der Waals surface area contributed by atoms with E-state index in [2.05, 4.69) is 10.1 Å². The monoisotopic (exact) mass is 586 g/mol. The van der Waals surface area contributed by atoms with Gasteiger partial charge in [-0.05, 0) is 37.4 Å².